The molecule has 0 aliphatic heterocycles. The van der Waals surface area contributed by atoms with E-state index in [0.29, 0.717) is 6.54 Å². The van der Waals surface area contributed by atoms with Crippen LogP contribution in [0.3, 0.4) is 0 Å². The number of aliphatic carboxylic acids is 1. The molecule has 1 fully saturated rings. The van der Waals surface area contributed by atoms with E-state index in [2.05, 4.69) is 11.0 Å². The first-order valence-corrected chi connectivity index (χ1v) is 6.52. The van der Waals surface area contributed by atoms with E-state index in [-0.39, 0.29) is 0 Å². The van der Waals surface area contributed by atoms with Gasteiger partial charge in [-0.25, -0.2) is 0 Å². The van der Waals surface area contributed by atoms with Crippen molar-refractivity contribution >= 4 is 5.97 Å². The molecule has 4 nitrogen and oxygen atoms in total. The summed E-state index contributed by atoms with van der Waals surface area (Å²) < 4.78 is 5.24. The van der Waals surface area contributed by atoms with Crippen LogP contribution >= 0.6 is 0 Å². The van der Waals surface area contributed by atoms with Crippen molar-refractivity contribution in [2.75, 3.05) is 20.7 Å². The van der Waals surface area contributed by atoms with Crippen molar-refractivity contribution in [3.63, 3.8) is 0 Å². The van der Waals surface area contributed by atoms with E-state index < -0.39 is 11.4 Å². The smallest absolute Gasteiger partial charge is 0.310 e. The van der Waals surface area contributed by atoms with E-state index in [1.807, 2.05) is 26.1 Å². The molecule has 1 aromatic carbocycles. The van der Waals surface area contributed by atoms with Gasteiger partial charge in [-0.05, 0) is 44.0 Å². The summed E-state index contributed by atoms with van der Waals surface area (Å²) in [5.41, 5.74) is 1.80. The second kappa shape index (κ2) is 5.21. The maximum absolute atomic E-state index is 11.2. The average molecular weight is 263 g/mol. The molecule has 1 saturated carbocycles. The first kappa shape index (κ1) is 13.9. The average Bonchev–Trinajstić information content (AvgIpc) is 3.10. The zero-order valence-electron chi connectivity index (χ0n) is 11.8. The lowest BCUT2D eigenvalue weighted by molar-refractivity contribution is -0.144. The minimum Gasteiger partial charge on any atom is -0.496 e. The minimum atomic E-state index is -0.662. The van der Waals surface area contributed by atoms with Crippen LogP contribution in [-0.2, 0) is 11.3 Å². The Balaban J connectivity index is 1.97. The molecule has 2 rings (SSSR count). The van der Waals surface area contributed by atoms with Gasteiger partial charge >= 0.3 is 5.97 Å². The topological polar surface area (TPSA) is 49.8 Å². The highest BCUT2D eigenvalue weighted by Gasteiger charge is 2.50. The van der Waals surface area contributed by atoms with E-state index in [4.69, 9.17) is 4.74 Å². The summed E-state index contributed by atoms with van der Waals surface area (Å²) in [4.78, 5) is 13.3. The van der Waals surface area contributed by atoms with Gasteiger partial charge in [0.05, 0.1) is 12.5 Å². The fraction of sp³-hybridized carbons (Fsp3) is 0.533. The lowest BCUT2D eigenvalue weighted by Crippen LogP contribution is -2.31. The number of carboxylic acids is 1. The first-order valence-electron chi connectivity index (χ1n) is 6.52. The van der Waals surface area contributed by atoms with Gasteiger partial charge in [0.1, 0.15) is 5.75 Å². The van der Waals surface area contributed by atoms with Crippen LogP contribution in [0.5, 0.6) is 5.75 Å². The second-order valence-corrected chi connectivity index (χ2v) is 5.56. The van der Waals surface area contributed by atoms with Crippen molar-refractivity contribution in [2.45, 2.75) is 26.3 Å². The predicted octanol–water partition coefficient (Wildman–Crippen LogP) is 2.30. The van der Waals surface area contributed by atoms with Gasteiger partial charge in [-0.1, -0.05) is 12.1 Å². The first-order chi connectivity index (χ1) is 8.97. The fourth-order valence-corrected chi connectivity index (χ4v) is 2.51. The minimum absolute atomic E-state index is 0.490. The third kappa shape index (κ3) is 3.07. The number of carbonyl (C=O) groups is 1. The Morgan fingerprint density at radius 2 is 2.16 bits per heavy atom. The maximum Gasteiger partial charge on any atom is 0.310 e. The van der Waals surface area contributed by atoms with Crippen LogP contribution in [-0.4, -0.2) is 36.7 Å². The van der Waals surface area contributed by atoms with Crippen molar-refractivity contribution in [3.8, 4) is 5.75 Å². The zero-order chi connectivity index (χ0) is 14.0. The molecule has 0 bridgehead atoms. The van der Waals surface area contributed by atoms with Crippen LogP contribution in [0, 0.1) is 12.3 Å². The standard InChI is InChI=1S/C15H21NO3/c1-11-8-12(4-5-13(11)19-3)9-16(2)10-15(6-7-15)14(17)18/h4-5,8H,6-7,9-10H2,1-3H3,(H,17,18). The number of benzene rings is 1. The van der Waals surface area contributed by atoms with Crippen LogP contribution in [0.4, 0.5) is 0 Å². The summed E-state index contributed by atoms with van der Waals surface area (Å²) in [6.45, 7) is 3.40. The molecule has 0 radical (unpaired) electrons. The highest BCUT2D eigenvalue weighted by Crippen LogP contribution is 2.46. The van der Waals surface area contributed by atoms with Gasteiger partial charge in [-0.15, -0.1) is 0 Å². The molecule has 1 aliphatic rings. The molecule has 0 saturated heterocycles. The second-order valence-electron chi connectivity index (χ2n) is 5.56. The lowest BCUT2D eigenvalue weighted by Gasteiger charge is -2.21. The van der Waals surface area contributed by atoms with Crippen LogP contribution in [0.15, 0.2) is 18.2 Å². The molecule has 0 aromatic heterocycles. The highest BCUT2D eigenvalue weighted by atomic mass is 16.5. The Kier molecular flexibility index (Phi) is 3.80. The summed E-state index contributed by atoms with van der Waals surface area (Å²) in [5, 5.41) is 9.19. The number of aryl methyl sites for hydroxylation is 1. The monoisotopic (exact) mass is 263 g/mol. The quantitative estimate of drug-likeness (QED) is 0.855. The number of hydrogen-bond acceptors (Lipinski definition) is 3. The number of rotatable bonds is 6. The molecule has 1 N–H and O–H groups in total. The molecule has 1 aliphatic carbocycles. The van der Waals surface area contributed by atoms with Crippen LogP contribution in [0.2, 0.25) is 0 Å². The molecular formula is C15H21NO3. The molecule has 19 heavy (non-hydrogen) atoms. The van der Waals surface area contributed by atoms with Crippen LogP contribution in [0.25, 0.3) is 0 Å². The van der Waals surface area contributed by atoms with Crippen LogP contribution in [0.1, 0.15) is 24.0 Å². The van der Waals surface area contributed by atoms with Gasteiger partial charge < -0.3 is 14.7 Å². The van der Waals surface area contributed by atoms with E-state index in [1.165, 1.54) is 5.56 Å². The molecule has 0 unspecified atom stereocenters. The summed E-state index contributed by atoms with van der Waals surface area (Å²) in [6, 6.07) is 6.08. The Hall–Kier alpha value is -1.55. The maximum atomic E-state index is 11.2. The van der Waals surface area contributed by atoms with Gasteiger partial charge in [0, 0.05) is 13.1 Å². The van der Waals surface area contributed by atoms with Crippen molar-refractivity contribution in [2.24, 2.45) is 5.41 Å². The van der Waals surface area contributed by atoms with Crippen molar-refractivity contribution in [3.05, 3.63) is 29.3 Å². The largest absolute Gasteiger partial charge is 0.496 e. The van der Waals surface area contributed by atoms with E-state index >= 15 is 0 Å². The molecule has 0 spiro atoms. The number of nitrogens with zero attached hydrogens (tertiary/aromatic N) is 1. The summed E-state index contributed by atoms with van der Waals surface area (Å²) in [7, 11) is 3.64. The number of carboxylic acid groups (broad SMARTS) is 1. The van der Waals surface area contributed by atoms with Crippen LogP contribution < -0.4 is 4.74 Å². The lowest BCUT2D eigenvalue weighted by atomic mass is 10.1. The normalized spacial score (nSPS) is 16.4. The molecule has 0 atom stereocenters. The highest BCUT2D eigenvalue weighted by molar-refractivity contribution is 5.78. The summed E-state index contributed by atoms with van der Waals surface area (Å²) in [5.74, 6) is 0.223. The Morgan fingerprint density at radius 1 is 1.47 bits per heavy atom. The molecule has 1 aromatic rings. The van der Waals surface area contributed by atoms with Gasteiger partial charge in [-0.2, -0.15) is 0 Å². The number of hydrogen-bond donors (Lipinski definition) is 1. The third-order valence-electron chi connectivity index (χ3n) is 3.79. The molecular weight excluding hydrogens is 242 g/mol. The zero-order valence-corrected chi connectivity index (χ0v) is 11.8. The van der Waals surface area contributed by atoms with Crippen molar-refractivity contribution in [1.29, 1.82) is 0 Å². The Labute approximate surface area is 114 Å². The van der Waals surface area contributed by atoms with Crippen molar-refractivity contribution in [1.82, 2.24) is 4.90 Å². The Morgan fingerprint density at radius 3 is 2.63 bits per heavy atom. The van der Waals surface area contributed by atoms with Gasteiger partial charge in [0.15, 0.2) is 0 Å². The fourth-order valence-electron chi connectivity index (χ4n) is 2.51. The van der Waals surface area contributed by atoms with E-state index in [0.717, 1.165) is 30.7 Å². The van der Waals surface area contributed by atoms with E-state index in [9.17, 15) is 9.90 Å². The number of methoxy groups -OCH3 is 1. The molecule has 104 valence electrons. The van der Waals surface area contributed by atoms with Crippen molar-refractivity contribution < 1.29 is 14.6 Å². The van der Waals surface area contributed by atoms with Gasteiger partial charge in [-0.3, -0.25) is 4.79 Å². The molecule has 4 heteroatoms. The Bertz CT molecular complexity index is 480. The van der Waals surface area contributed by atoms with Gasteiger partial charge in [0.2, 0.25) is 0 Å². The third-order valence-corrected chi connectivity index (χ3v) is 3.79. The SMILES string of the molecule is COc1ccc(CN(C)CC2(C(=O)O)CC2)cc1C. The number of ether oxygens (including phenoxy) is 1. The van der Waals surface area contributed by atoms with E-state index in [1.54, 1.807) is 7.11 Å². The summed E-state index contributed by atoms with van der Waals surface area (Å²) in [6.07, 6.45) is 1.60. The molecule has 0 heterocycles. The van der Waals surface area contributed by atoms with Gasteiger partial charge in [0.25, 0.3) is 0 Å². The summed E-state index contributed by atoms with van der Waals surface area (Å²) >= 11 is 0. The predicted molar refractivity (Wildman–Crippen MR) is 73.4 cm³/mol. The molecule has 0 amide bonds.